The first-order valence-corrected chi connectivity index (χ1v) is 8.91. The van der Waals surface area contributed by atoms with Crippen LogP contribution in [0.1, 0.15) is 16.1 Å². The Morgan fingerprint density at radius 1 is 0.893 bits per heavy atom. The Morgan fingerprint density at radius 3 is 2.21 bits per heavy atom. The van der Waals surface area contributed by atoms with Gasteiger partial charge in [-0.05, 0) is 30.7 Å². The Balaban J connectivity index is 1.69. The highest BCUT2D eigenvalue weighted by Crippen LogP contribution is 2.28. The largest absolute Gasteiger partial charge is 0.321 e. The van der Waals surface area contributed by atoms with Gasteiger partial charge in [-0.2, -0.15) is 9.49 Å². The summed E-state index contributed by atoms with van der Waals surface area (Å²) in [5.74, 6) is -1.21. The van der Waals surface area contributed by atoms with Crippen molar-refractivity contribution in [3.63, 3.8) is 0 Å². The van der Waals surface area contributed by atoms with Gasteiger partial charge in [0.2, 0.25) is 5.95 Å². The van der Waals surface area contributed by atoms with Gasteiger partial charge in [0.15, 0.2) is 0 Å². The van der Waals surface area contributed by atoms with E-state index in [1.807, 2.05) is 54.6 Å². The predicted octanol–water partition coefficient (Wildman–Crippen LogP) is 5.24. The molecule has 4 nitrogen and oxygen atoms in total. The number of aromatic nitrogens is 2. The Hall–Kier alpha value is -3.73. The monoisotopic (exact) mass is 371 g/mol. The van der Waals surface area contributed by atoms with E-state index in [4.69, 9.17) is 0 Å². The first-order valence-electron chi connectivity index (χ1n) is 8.91. The maximum absolute atomic E-state index is 15.0. The van der Waals surface area contributed by atoms with Gasteiger partial charge in [-0.1, -0.05) is 66.7 Å². The third-order valence-corrected chi connectivity index (χ3v) is 4.49. The number of nitrogens with one attached hydrogen (secondary N) is 1. The summed E-state index contributed by atoms with van der Waals surface area (Å²) >= 11 is 0. The molecule has 4 aromatic rings. The number of amides is 1. The van der Waals surface area contributed by atoms with Gasteiger partial charge in [-0.25, -0.2) is 4.68 Å². The van der Waals surface area contributed by atoms with Crippen LogP contribution in [0.3, 0.4) is 0 Å². The second-order valence-corrected chi connectivity index (χ2v) is 6.36. The number of hydrogen-bond donors (Lipinski definition) is 1. The summed E-state index contributed by atoms with van der Waals surface area (Å²) in [6.07, 6.45) is 0. The van der Waals surface area contributed by atoms with E-state index in [0.717, 1.165) is 15.8 Å². The predicted molar refractivity (Wildman–Crippen MR) is 108 cm³/mol. The number of para-hydroxylation sites is 2. The third-order valence-electron chi connectivity index (χ3n) is 4.49. The van der Waals surface area contributed by atoms with Gasteiger partial charge < -0.3 is 5.32 Å². The fourth-order valence-electron chi connectivity index (χ4n) is 3.14. The maximum Gasteiger partial charge on any atom is 0.262 e. The van der Waals surface area contributed by atoms with Crippen LogP contribution in [-0.2, 0) is 0 Å². The summed E-state index contributed by atoms with van der Waals surface area (Å²) in [6.45, 7) is 1.63. The maximum atomic E-state index is 15.0. The van der Waals surface area contributed by atoms with Gasteiger partial charge in [0, 0.05) is 11.3 Å². The number of nitrogens with zero attached hydrogens (tertiary/aromatic N) is 2. The zero-order valence-electron chi connectivity index (χ0n) is 15.3. The van der Waals surface area contributed by atoms with E-state index in [1.54, 1.807) is 37.3 Å². The number of aryl methyl sites for hydroxylation is 1. The average Bonchev–Trinajstić information content (AvgIpc) is 3.04. The third kappa shape index (κ3) is 3.30. The number of benzene rings is 3. The van der Waals surface area contributed by atoms with Crippen molar-refractivity contribution < 1.29 is 9.18 Å². The molecular weight excluding hydrogens is 353 g/mol. The van der Waals surface area contributed by atoms with E-state index in [1.165, 1.54) is 0 Å². The van der Waals surface area contributed by atoms with E-state index < -0.39 is 11.9 Å². The summed E-state index contributed by atoms with van der Waals surface area (Å²) in [4.78, 5) is 12.9. The molecule has 28 heavy (non-hydrogen) atoms. The first kappa shape index (κ1) is 17.7. The van der Waals surface area contributed by atoms with Crippen molar-refractivity contribution in [2.45, 2.75) is 6.92 Å². The number of hydrogen-bond acceptors (Lipinski definition) is 2. The number of anilines is 1. The van der Waals surface area contributed by atoms with Crippen LogP contribution in [0.25, 0.3) is 16.8 Å². The lowest BCUT2D eigenvalue weighted by Gasteiger charge is -2.11. The topological polar surface area (TPSA) is 46.9 Å². The molecule has 0 aliphatic heterocycles. The lowest BCUT2D eigenvalue weighted by molar-refractivity contribution is 0.102. The molecule has 3 aromatic carbocycles. The second kappa shape index (κ2) is 7.48. The van der Waals surface area contributed by atoms with Gasteiger partial charge >= 0.3 is 0 Å². The number of carbonyl (C=O) groups is 1. The van der Waals surface area contributed by atoms with Gasteiger partial charge in [0.05, 0.1) is 11.4 Å². The lowest BCUT2D eigenvalue weighted by atomic mass is 10.0. The number of rotatable bonds is 4. The summed E-state index contributed by atoms with van der Waals surface area (Å²) in [5, 5.41) is 7.04. The molecule has 0 saturated heterocycles. The van der Waals surface area contributed by atoms with Crippen molar-refractivity contribution in [3.8, 4) is 16.8 Å². The van der Waals surface area contributed by atoms with Gasteiger partial charge in [-0.3, -0.25) is 4.79 Å². The molecule has 0 saturated carbocycles. The molecule has 0 bridgehead atoms. The lowest BCUT2D eigenvalue weighted by Crippen LogP contribution is -2.15. The minimum absolute atomic E-state index is 0.0632. The van der Waals surface area contributed by atoms with Crippen LogP contribution in [0, 0.1) is 12.9 Å². The Bertz CT molecular complexity index is 1120. The van der Waals surface area contributed by atoms with Crippen molar-refractivity contribution in [1.82, 2.24) is 9.78 Å². The van der Waals surface area contributed by atoms with E-state index in [0.29, 0.717) is 17.1 Å². The second-order valence-electron chi connectivity index (χ2n) is 6.36. The molecule has 138 valence electrons. The Morgan fingerprint density at radius 2 is 1.50 bits per heavy atom. The molecule has 5 heteroatoms. The van der Waals surface area contributed by atoms with Crippen LogP contribution in [-0.4, -0.2) is 15.7 Å². The molecule has 0 radical (unpaired) electrons. The summed E-state index contributed by atoms with van der Waals surface area (Å²) < 4.78 is 16.1. The molecule has 1 N–H and O–H groups in total. The highest BCUT2D eigenvalue weighted by atomic mass is 19.1. The van der Waals surface area contributed by atoms with Crippen LogP contribution < -0.4 is 5.32 Å². The molecule has 0 fully saturated rings. The van der Waals surface area contributed by atoms with Crippen LogP contribution in [0.2, 0.25) is 0 Å². The van der Waals surface area contributed by atoms with E-state index >= 15 is 0 Å². The molecule has 0 aliphatic rings. The fourth-order valence-corrected chi connectivity index (χ4v) is 3.14. The van der Waals surface area contributed by atoms with Crippen LogP contribution in [0.15, 0.2) is 84.9 Å². The first-order chi connectivity index (χ1) is 13.6. The Kier molecular flexibility index (Phi) is 4.72. The zero-order chi connectivity index (χ0) is 19.5. The molecule has 0 atom stereocenters. The van der Waals surface area contributed by atoms with Crippen molar-refractivity contribution in [2.24, 2.45) is 0 Å². The van der Waals surface area contributed by atoms with Gasteiger partial charge in [0.25, 0.3) is 5.91 Å². The van der Waals surface area contributed by atoms with E-state index in [9.17, 15) is 9.18 Å². The molecule has 1 aromatic heterocycles. The minimum atomic E-state index is -0.682. The summed E-state index contributed by atoms with van der Waals surface area (Å²) in [7, 11) is 0. The molecule has 0 spiro atoms. The van der Waals surface area contributed by atoms with E-state index in [2.05, 4.69) is 10.4 Å². The zero-order valence-corrected chi connectivity index (χ0v) is 15.3. The molecule has 1 amide bonds. The normalized spacial score (nSPS) is 10.6. The molecule has 0 unspecified atom stereocenters. The quantitative estimate of drug-likeness (QED) is 0.533. The van der Waals surface area contributed by atoms with Crippen LogP contribution in [0.4, 0.5) is 10.1 Å². The van der Waals surface area contributed by atoms with Crippen molar-refractivity contribution in [1.29, 1.82) is 0 Å². The van der Waals surface area contributed by atoms with Crippen molar-refractivity contribution in [2.75, 3.05) is 5.32 Å². The highest BCUT2D eigenvalue weighted by molar-refractivity contribution is 6.07. The van der Waals surface area contributed by atoms with Gasteiger partial charge in [0.1, 0.15) is 5.56 Å². The molecule has 4 rings (SSSR count). The van der Waals surface area contributed by atoms with Crippen LogP contribution in [0.5, 0.6) is 0 Å². The van der Waals surface area contributed by atoms with Crippen molar-refractivity contribution >= 4 is 11.6 Å². The van der Waals surface area contributed by atoms with E-state index in [-0.39, 0.29) is 5.56 Å². The molecule has 0 aliphatic carbocycles. The van der Waals surface area contributed by atoms with Crippen LogP contribution >= 0.6 is 0 Å². The molecular formula is C23H18FN3O. The molecule has 1 heterocycles. The minimum Gasteiger partial charge on any atom is -0.321 e. The summed E-state index contributed by atoms with van der Waals surface area (Å²) in [5.41, 5.74) is 3.28. The average molecular weight is 371 g/mol. The Labute approximate surface area is 162 Å². The standard InChI is InChI=1S/C23H18FN3O/c1-16-21(22(24)27(26-16)18-12-6-3-7-13-18)23(28)25-20-15-9-8-14-19(20)17-10-4-2-5-11-17/h2-15H,1H3,(H,25,28). The SMILES string of the molecule is Cc1nn(-c2ccccc2)c(F)c1C(=O)Nc1ccccc1-c1ccccc1. The smallest absolute Gasteiger partial charge is 0.262 e. The van der Waals surface area contributed by atoms with Crippen molar-refractivity contribution in [3.05, 3.63) is 102 Å². The van der Waals surface area contributed by atoms with Gasteiger partial charge in [-0.15, -0.1) is 0 Å². The summed E-state index contributed by atoms with van der Waals surface area (Å²) in [6, 6.07) is 26.1. The number of halogens is 1. The fraction of sp³-hybridized carbons (Fsp3) is 0.0435. The number of carbonyl (C=O) groups excluding carboxylic acids is 1. The highest BCUT2D eigenvalue weighted by Gasteiger charge is 2.23.